The molecule has 0 fully saturated rings. The number of nitrogens with one attached hydrogen (secondary N) is 1. The van der Waals surface area contributed by atoms with Gasteiger partial charge < -0.3 is 5.73 Å². The van der Waals surface area contributed by atoms with Crippen molar-refractivity contribution in [2.24, 2.45) is 5.73 Å². The van der Waals surface area contributed by atoms with E-state index in [2.05, 4.69) is 17.5 Å². The van der Waals surface area contributed by atoms with Gasteiger partial charge in [-0.25, -0.2) is 0 Å². The first-order chi connectivity index (χ1) is 6.63. The Balaban J connectivity index is 2.89. The lowest BCUT2D eigenvalue weighted by atomic mass is 10.1. The zero-order valence-corrected chi connectivity index (χ0v) is 8.01. The van der Waals surface area contributed by atoms with Gasteiger partial charge in [-0.15, -0.1) is 0 Å². The molecule has 1 rings (SSSR count). The molecule has 0 atom stereocenters. The van der Waals surface area contributed by atoms with Gasteiger partial charge in [-0.05, 0) is 24.4 Å². The van der Waals surface area contributed by atoms with E-state index < -0.39 is 5.91 Å². The van der Waals surface area contributed by atoms with Gasteiger partial charge in [0.05, 0.1) is 0 Å². The van der Waals surface area contributed by atoms with E-state index >= 15 is 0 Å². The highest BCUT2D eigenvalue weighted by Crippen LogP contribution is 2.02. The summed E-state index contributed by atoms with van der Waals surface area (Å²) < 4.78 is 0. The second-order valence-electron chi connectivity index (χ2n) is 2.56. The minimum Gasteiger partial charge on any atom is -0.376 e. The van der Waals surface area contributed by atoms with Crippen molar-refractivity contribution < 1.29 is 9.59 Å². The van der Waals surface area contributed by atoms with Crippen molar-refractivity contribution in [2.75, 3.05) is 0 Å². The van der Waals surface area contributed by atoms with Crippen molar-refractivity contribution in [1.29, 1.82) is 0 Å². The van der Waals surface area contributed by atoms with Crippen LogP contribution in [0, 0.1) is 0 Å². The van der Waals surface area contributed by atoms with Crippen LogP contribution < -0.4 is 11.1 Å². The number of hydrogen-bond donors (Lipinski definition) is 2. The molecule has 0 aliphatic carbocycles. The smallest absolute Gasteiger partial charge is 0.257 e. The first-order valence-corrected chi connectivity index (χ1v) is 4.20. The van der Waals surface area contributed by atoms with E-state index in [-0.39, 0.29) is 5.11 Å². The molecule has 0 saturated heterocycles. The van der Waals surface area contributed by atoms with E-state index in [1.165, 1.54) is 6.07 Å². The summed E-state index contributed by atoms with van der Waals surface area (Å²) in [6.07, 6.45) is 0.664. The number of aldehydes is 1. The molecule has 0 saturated carbocycles. The quantitative estimate of drug-likeness (QED) is 0.547. The second-order valence-corrected chi connectivity index (χ2v) is 3.00. The third-order valence-electron chi connectivity index (χ3n) is 1.52. The van der Waals surface area contributed by atoms with E-state index in [0.717, 1.165) is 0 Å². The van der Waals surface area contributed by atoms with E-state index in [1.807, 2.05) is 0 Å². The van der Waals surface area contributed by atoms with E-state index in [1.54, 1.807) is 18.2 Å². The molecule has 0 aromatic heterocycles. The normalized spacial score (nSPS) is 9.14. The molecule has 0 unspecified atom stereocenters. The van der Waals surface area contributed by atoms with Gasteiger partial charge in [-0.1, -0.05) is 12.1 Å². The van der Waals surface area contributed by atoms with Gasteiger partial charge in [0, 0.05) is 11.1 Å². The number of thiocarbonyl (C=S) groups is 1. The maximum absolute atomic E-state index is 11.3. The van der Waals surface area contributed by atoms with Gasteiger partial charge in [0.2, 0.25) is 0 Å². The molecular weight excluding hydrogens is 200 g/mol. The van der Waals surface area contributed by atoms with Gasteiger partial charge in [0.15, 0.2) is 5.11 Å². The van der Waals surface area contributed by atoms with Crippen LogP contribution in [0.2, 0.25) is 0 Å². The highest BCUT2D eigenvalue weighted by Gasteiger charge is 2.05. The first-order valence-electron chi connectivity index (χ1n) is 3.79. The predicted molar refractivity (Wildman–Crippen MR) is 56.1 cm³/mol. The van der Waals surface area contributed by atoms with Crippen LogP contribution in [0.25, 0.3) is 0 Å². The number of carbonyl (C=O) groups excluding carboxylic acids is 2. The number of nitrogens with two attached hydrogens (primary N) is 1. The van der Waals surface area contributed by atoms with Crippen LogP contribution in [-0.2, 0) is 0 Å². The van der Waals surface area contributed by atoms with Gasteiger partial charge >= 0.3 is 0 Å². The van der Waals surface area contributed by atoms with Crippen LogP contribution in [0.15, 0.2) is 24.3 Å². The predicted octanol–water partition coefficient (Wildman–Crippen LogP) is 0.473. The Morgan fingerprint density at radius 3 is 2.79 bits per heavy atom. The summed E-state index contributed by atoms with van der Waals surface area (Å²) in [7, 11) is 0. The summed E-state index contributed by atoms with van der Waals surface area (Å²) in [5.74, 6) is -0.416. The van der Waals surface area contributed by atoms with Crippen molar-refractivity contribution >= 4 is 29.5 Å². The average molecular weight is 208 g/mol. The Labute approximate surface area is 86.1 Å². The lowest BCUT2D eigenvalue weighted by molar-refractivity contribution is 0.0977. The minimum absolute atomic E-state index is 0.0912. The summed E-state index contributed by atoms with van der Waals surface area (Å²) in [6, 6.07) is 6.24. The SMILES string of the molecule is NC(=S)NC(=O)c1cccc(C=O)c1. The fraction of sp³-hybridized carbons (Fsp3) is 0. The number of carbonyl (C=O) groups is 2. The highest BCUT2D eigenvalue weighted by atomic mass is 32.1. The lowest BCUT2D eigenvalue weighted by Gasteiger charge is -2.02. The highest BCUT2D eigenvalue weighted by molar-refractivity contribution is 7.80. The van der Waals surface area contributed by atoms with Crippen LogP contribution in [0.4, 0.5) is 0 Å². The molecule has 0 bridgehead atoms. The maximum atomic E-state index is 11.3. The molecular formula is C9H8N2O2S. The molecule has 1 aromatic rings. The van der Waals surface area contributed by atoms with Crippen LogP contribution in [-0.4, -0.2) is 17.3 Å². The third kappa shape index (κ3) is 2.63. The van der Waals surface area contributed by atoms with Crippen LogP contribution in [0.5, 0.6) is 0 Å². The van der Waals surface area contributed by atoms with Crippen molar-refractivity contribution in [3.8, 4) is 0 Å². The fourth-order valence-corrected chi connectivity index (χ4v) is 1.03. The molecule has 3 N–H and O–H groups in total. The van der Waals surface area contributed by atoms with Crippen LogP contribution in [0.3, 0.4) is 0 Å². The van der Waals surface area contributed by atoms with Crippen molar-refractivity contribution in [3.05, 3.63) is 35.4 Å². The zero-order valence-electron chi connectivity index (χ0n) is 7.19. The van der Waals surface area contributed by atoms with E-state index in [4.69, 9.17) is 5.73 Å². The van der Waals surface area contributed by atoms with Gasteiger partial charge in [0.25, 0.3) is 5.91 Å². The molecule has 1 amide bonds. The first kappa shape index (κ1) is 10.3. The van der Waals surface area contributed by atoms with Crippen molar-refractivity contribution in [2.45, 2.75) is 0 Å². The molecule has 0 aliphatic rings. The molecule has 0 heterocycles. The molecule has 1 aromatic carbocycles. The fourth-order valence-electron chi connectivity index (χ4n) is 0.937. The molecule has 0 radical (unpaired) electrons. The number of benzene rings is 1. The largest absolute Gasteiger partial charge is 0.376 e. The average Bonchev–Trinajstić information content (AvgIpc) is 2.17. The summed E-state index contributed by atoms with van der Waals surface area (Å²) in [5, 5.41) is 2.17. The molecule has 4 nitrogen and oxygen atoms in total. The lowest BCUT2D eigenvalue weighted by Crippen LogP contribution is -2.34. The number of amides is 1. The Morgan fingerprint density at radius 2 is 2.21 bits per heavy atom. The number of rotatable bonds is 2. The summed E-state index contributed by atoms with van der Waals surface area (Å²) >= 11 is 4.51. The third-order valence-corrected chi connectivity index (χ3v) is 1.62. The minimum atomic E-state index is -0.416. The second kappa shape index (κ2) is 4.48. The molecule has 14 heavy (non-hydrogen) atoms. The standard InChI is InChI=1S/C9H8N2O2S/c10-9(14)11-8(13)7-3-1-2-6(4-7)5-12/h1-5H,(H3,10,11,13,14). The van der Waals surface area contributed by atoms with Gasteiger partial charge in [-0.3, -0.25) is 14.9 Å². The van der Waals surface area contributed by atoms with E-state index in [9.17, 15) is 9.59 Å². The molecule has 0 aliphatic heterocycles. The van der Waals surface area contributed by atoms with Crippen molar-refractivity contribution in [3.63, 3.8) is 0 Å². The van der Waals surface area contributed by atoms with Crippen LogP contribution in [0.1, 0.15) is 20.7 Å². The van der Waals surface area contributed by atoms with Gasteiger partial charge in [-0.2, -0.15) is 0 Å². The molecule has 0 spiro atoms. The van der Waals surface area contributed by atoms with Crippen LogP contribution >= 0.6 is 12.2 Å². The Bertz CT molecular complexity index is 390. The summed E-state index contributed by atoms with van der Waals surface area (Å²) in [6.45, 7) is 0. The topological polar surface area (TPSA) is 72.2 Å². The Kier molecular flexibility index (Phi) is 3.30. The number of hydrogen-bond acceptors (Lipinski definition) is 3. The molecule has 5 heteroatoms. The van der Waals surface area contributed by atoms with E-state index in [0.29, 0.717) is 17.4 Å². The Hall–Kier alpha value is -1.75. The van der Waals surface area contributed by atoms with Gasteiger partial charge in [0.1, 0.15) is 6.29 Å². The summed E-state index contributed by atoms with van der Waals surface area (Å²) in [4.78, 5) is 21.8. The molecule has 72 valence electrons. The zero-order chi connectivity index (χ0) is 10.6. The monoisotopic (exact) mass is 208 g/mol. The van der Waals surface area contributed by atoms with Crippen molar-refractivity contribution in [1.82, 2.24) is 5.32 Å². The maximum Gasteiger partial charge on any atom is 0.257 e. The Morgan fingerprint density at radius 1 is 1.50 bits per heavy atom. The summed E-state index contributed by atoms with van der Waals surface area (Å²) in [5.41, 5.74) is 5.91.